The number of tetrazole rings is 1. The summed E-state index contributed by atoms with van der Waals surface area (Å²) in [5.41, 5.74) is 4.03. The predicted molar refractivity (Wildman–Crippen MR) is 136 cm³/mol. The summed E-state index contributed by atoms with van der Waals surface area (Å²) >= 11 is 1.74. The summed E-state index contributed by atoms with van der Waals surface area (Å²) < 4.78 is 2.05. The van der Waals surface area contributed by atoms with Gasteiger partial charge in [-0.3, -0.25) is 9.69 Å². The highest BCUT2D eigenvalue weighted by Gasteiger charge is 2.29. The maximum absolute atomic E-state index is 13.1. The average molecular weight is 477 g/mol. The third-order valence-electron chi connectivity index (χ3n) is 7.16. The number of aromatic nitrogens is 5. The molecule has 0 radical (unpaired) electrons. The molecule has 5 rings (SSSR count). The lowest BCUT2D eigenvalue weighted by Gasteiger charge is -2.30. The zero-order valence-corrected chi connectivity index (χ0v) is 20.9. The minimum atomic E-state index is -0.0304. The van der Waals surface area contributed by atoms with Crippen molar-refractivity contribution in [1.82, 2.24) is 30.1 Å². The van der Waals surface area contributed by atoms with Crippen molar-refractivity contribution in [2.24, 2.45) is 0 Å². The lowest BCUT2D eigenvalue weighted by Crippen LogP contribution is -2.32. The molecule has 0 amide bonds. The summed E-state index contributed by atoms with van der Waals surface area (Å²) in [6.45, 7) is 7.64. The monoisotopic (exact) mass is 476 g/mol. The summed E-state index contributed by atoms with van der Waals surface area (Å²) in [5.74, 6) is 0.912. The lowest BCUT2D eigenvalue weighted by atomic mass is 10.0. The number of fused-ring (bicyclic) bond motifs is 1. The first-order valence-corrected chi connectivity index (χ1v) is 13.1. The summed E-state index contributed by atoms with van der Waals surface area (Å²) in [6, 6.07) is 10.9. The summed E-state index contributed by atoms with van der Waals surface area (Å²) in [4.78, 5) is 19.9. The number of nitrogens with one attached hydrogen (secondary N) is 1. The van der Waals surface area contributed by atoms with Crippen LogP contribution in [0.4, 0.5) is 0 Å². The van der Waals surface area contributed by atoms with Crippen LogP contribution in [0.3, 0.4) is 0 Å². The number of benzene rings is 1. The van der Waals surface area contributed by atoms with Gasteiger partial charge in [0.2, 0.25) is 0 Å². The maximum Gasteiger partial charge on any atom is 0.252 e. The Morgan fingerprint density at radius 2 is 1.97 bits per heavy atom. The van der Waals surface area contributed by atoms with Gasteiger partial charge in [0.1, 0.15) is 0 Å². The van der Waals surface area contributed by atoms with E-state index in [1.165, 1.54) is 28.8 Å². The number of H-pyrrole nitrogens is 1. The average Bonchev–Trinajstić information content (AvgIpc) is 3.59. The third-order valence-corrected chi connectivity index (χ3v) is 8.02. The molecule has 0 aliphatic heterocycles. The molecule has 0 bridgehead atoms. The molecule has 1 N–H and O–H groups in total. The van der Waals surface area contributed by atoms with Gasteiger partial charge in [0.15, 0.2) is 5.82 Å². The highest BCUT2D eigenvalue weighted by atomic mass is 32.1. The van der Waals surface area contributed by atoms with Crippen molar-refractivity contribution in [3.63, 3.8) is 0 Å². The largest absolute Gasteiger partial charge is 0.322 e. The van der Waals surface area contributed by atoms with Crippen LogP contribution < -0.4 is 5.56 Å². The molecular weight excluding hydrogens is 444 g/mol. The molecule has 1 aliphatic rings. The molecule has 1 fully saturated rings. The number of pyridine rings is 1. The molecule has 1 atom stereocenters. The van der Waals surface area contributed by atoms with E-state index >= 15 is 0 Å². The highest BCUT2D eigenvalue weighted by Crippen LogP contribution is 2.34. The van der Waals surface area contributed by atoms with Gasteiger partial charge in [0.05, 0.1) is 12.1 Å². The van der Waals surface area contributed by atoms with Crippen LogP contribution in [0.15, 0.2) is 40.5 Å². The van der Waals surface area contributed by atoms with E-state index in [1.54, 1.807) is 11.3 Å². The van der Waals surface area contributed by atoms with Gasteiger partial charge in [-0.2, -0.15) is 0 Å². The van der Waals surface area contributed by atoms with Crippen molar-refractivity contribution in [3.8, 4) is 0 Å². The maximum atomic E-state index is 13.1. The van der Waals surface area contributed by atoms with E-state index in [-0.39, 0.29) is 11.6 Å². The van der Waals surface area contributed by atoms with E-state index in [4.69, 9.17) is 0 Å². The van der Waals surface area contributed by atoms with Crippen LogP contribution in [0.25, 0.3) is 10.9 Å². The highest BCUT2D eigenvalue weighted by molar-refractivity contribution is 7.09. The molecule has 1 aliphatic carbocycles. The number of aromatic amines is 1. The molecule has 8 heteroatoms. The summed E-state index contributed by atoms with van der Waals surface area (Å²) in [5, 5.41) is 16.1. The van der Waals surface area contributed by atoms with E-state index in [0.717, 1.165) is 48.1 Å². The van der Waals surface area contributed by atoms with E-state index in [0.29, 0.717) is 12.6 Å². The number of rotatable bonds is 8. The molecule has 4 aromatic rings. The molecule has 0 unspecified atom stereocenters. The molecule has 0 saturated heterocycles. The minimum Gasteiger partial charge on any atom is -0.322 e. The van der Waals surface area contributed by atoms with Crippen molar-refractivity contribution >= 4 is 22.2 Å². The smallest absolute Gasteiger partial charge is 0.252 e. The van der Waals surface area contributed by atoms with Crippen LogP contribution in [0.1, 0.15) is 78.5 Å². The van der Waals surface area contributed by atoms with Gasteiger partial charge in [-0.15, -0.1) is 16.4 Å². The van der Waals surface area contributed by atoms with Crippen molar-refractivity contribution in [3.05, 3.63) is 73.5 Å². The Morgan fingerprint density at radius 3 is 2.71 bits per heavy atom. The first-order valence-electron chi connectivity index (χ1n) is 12.2. The van der Waals surface area contributed by atoms with Gasteiger partial charge in [-0.05, 0) is 89.7 Å². The topological polar surface area (TPSA) is 79.7 Å². The molecule has 1 aromatic carbocycles. The second-order valence-corrected chi connectivity index (χ2v) is 10.5. The molecule has 34 heavy (non-hydrogen) atoms. The molecule has 3 aromatic heterocycles. The zero-order valence-electron chi connectivity index (χ0n) is 20.1. The normalized spacial score (nSPS) is 15.5. The molecule has 7 nitrogen and oxygen atoms in total. The first-order chi connectivity index (χ1) is 16.5. The van der Waals surface area contributed by atoms with Gasteiger partial charge >= 0.3 is 0 Å². The zero-order chi connectivity index (χ0) is 23.7. The van der Waals surface area contributed by atoms with Crippen molar-refractivity contribution in [2.75, 3.05) is 0 Å². The minimum absolute atomic E-state index is 0.0209. The second-order valence-electron chi connectivity index (χ2n) is 9.48. The number of aryl methyl sites for hydroxylation is 2. The van der Waals surface area contributed by atoms with Crippen LogP contribution in [0, 0.1) is 13.8 Å². The molecule has 0 spiro atoms. The fourth-order valence-electron chi connectivity index (χ4n) is 5.17. The Morgan fingerprint density at radius 1 is 1.18 bits per heavy atom. The Labute approximate surface area is 203 Å². The third kappa shape index (κ3) is 4.57. The first kappa shape index (κ1) is 22.9. The molecule has 1 saturated carbocycles. The SMILES string of the molecule is CC[C@H](c1nnnn1C1CCCC1)N(Cc1cccs1)Cc1cc2cc(C)c(C)cc2[nH]c1=O. The molecule has 178 valence electrons. The van der Waals surface area contributed by atoms with Crippen LogP contribution in [0.2, 0.25) is 0 Å². The van der Waals surface area contributed by atoms with E-state index in [2.05, 4.69) is 86.6 Å². The van der Waals surface area contributed by atoms with Crippen LogP contribution in [0.5, 0.6) is 0 Å². The molecule has 3 heterocycles. The standard InChI is InChI=1S/C26H32N6OS/c1-4-24(25-28-29-30-32(25)21-8-5-6-9-21)31(16-22-10-7-11-34-22)15-20-14-19-12-17(2)18(3)13-23(19)27-26(20)33/h7,10-14,21,24H,4-6,8-9,15-16H2,1-3H3,(H,27,33)/t24-/m1/s1. The van der Waals surface area contributed by atoms with Crippen LogP contribution >= 0.6 is 11.3 Å². The fourth-order valence-corrected chi connectivity index (χ4v) is 5.90. The Hall–Kier alpha value is -2.84. The van der Waals surface area contributed by atoms with E-state index < -0.39 is 0 Å². The predicted octanol–water partition coefficient (Wildman–Crippen LogP) is 5.46. The molecular formula is C26H32N6OS. The van der Waals surface area contributed by atoms with Crippen molar-refractivity contribution < 1.29 is 0 Å². The number of nitrogens with zero attached hydrogens (tertiary/aromatic N) is 5. The van der Waals surface area contributed by atoms with Gasteiger partial charge < -0.3 is 4.98 Å². The van der Waals surface area contributed by atoms with Crippen LogP contribution in [-0.4, -0.2) is 30.1 Å². The summed E-state index contributed by atoms with van der Waals surface area (Å²) in [7, 11) is 0. The van der Waals surface area contributed by atoms with Gasteiger partial charge in [0, 0.05) is 29.0 Å². The lowest BCUT2D eigenvalue weighted by molar-refractivity contribution is 0.159. The van der Waals surface area contributed by atoms with E-state index in [9.17, 15) is 4.79 Å². The summed E-state index contributed by atoms with van der Waals surface area (Å²) in [6.07, 6.45) is 5.57. The quantitative estimate of drug-likeness (QED) is 0.365. The second kappa shape index (κ2) is 9.80. The van der Waals surface area contributed by atoms with Crippen molar-refractivity contribution in [2.45, 2.75) is 78.0 Å². The van der Waals surface area contributed by atoms with Gasteiger partial charge in [-0.25, -0.2) is 4.68 Å². The van der Waals surface area contributed by atoms with Gasteiger partial charge in [0.25, 0.3) is 5.56 Å². The Balaban J connectivity index is 1.53. The number of hydrogen-bond donors (Lipinski definition) is 1. The Kier molecular flexibility index (Phi) is 6.61. The Bertz CT molecular complexity index is 1320. The number of hydrogen-bond acceptors (Lipinski definition) is 6. The fraction of sp³-hybridized carbons (Fsp3) is 0.462. The van der Waals surface area contributed by atoms with E-state index in [1.807, 2.05) is 0 Å². The van der Waals surface area contributed by atoms with Crippen molar-refractivity contribution in [1.29, 1.82) is 0 Å². The number of thiophene rings is 1. The van der Waals surface area contributed by atoms with Crippen LogP contribution in [-0.2, 0) is 13.1 Å². The van der Waals surface area contributed by atoms with Gasteiger partial charge in [-0.1, -0.05) is 25.8 Å².